The molecule has 1 aromatic carbocycles. The number of hydrogen-bond donors (Lipinski definition) is 1. The van der Waals surface area contributed by atoms with Crippen LogP contribution in [0, 0.1) is 0 Å². The third-order valence-electron chi connectivity index (χ3n) is 2.63. The second-order valence-corrected chi connectivity index (χ2v) is 5.93. The van der Waals surface area contributed by atoms with Gasteiger partial charge in [-0.2, -0.15) is 0 Å². The van der Waals surface area contributed by atoms with E-state index in [0.29, 0.717) is 0 Å². The number of amides is 1. The summed E-state index contributed by atoms with van der Waals surface area (Å²) in [5.74, 6) is 0. The number of ether oxygens (including phenoxy) is 1. The first kappa shape index (κ1) is 17.7. The molecule has 0 aliphatic heterocycles. The molecule has 0 spiro atoms. The predicted octanol–water partition coefficient (Wildman–Crippen LogP) is 1.03. The van der Waals surface area contributed by atoms with Crippen LogP contribution >= 0.6 is 0 Å². The summed E-state index contributed by atoms with van der Waals surface area (Å²) in [6.45, 7) is 5.27. The second kappa shape index (κ2) is 6.61. The summed E-state index contributed by atoms with van der Waals surface area (Å²) in [4.78, 5) is 13.2. The van der Waals surface area contributed by atoms with Crippen LogP contribution in [0.4, 0.5) is 4.79 Å². The van der Waals surface area contributed by atoms with Crippen LogP contribution in [0.1, 0.15) is 31.9 Å². The summed E-state index contributed by atoms with van der Waals surface area (Å²) in [5, 5.41) is 7.18. The Hall–Kier alpha value is -1.36. The lowest BCUT2D eigenvalue weighted by atomic mass is 9.48. The van der Waals surface area contributed by atoms with Gasteiger partial charge in [0.2, 0.25) is 0 Å². The van der Waals surface area contributed by atoms with E-state index in [9.17, 15) is 4.79 Å². The van der Waals surface area contributed by atoms with E-state index in [4.69, 9.17) is 33.4 Å². The Balaban J connectivity index is 2.90. The standard InChI is InChI=1S/C14H18B3NO3/c1-13(2,3)21-12(20)18(14(15,16)17)8-10-4-6-11(9-19)7-5-10/h4-7,19H,8-9H2,1-3H3. The smallest absolute Gasteiger partial charge is 0.408 e. The first-order chi connectivity index (χ1) is 9.53. The zero-order valence-corrected chi connectivity index (χ0v) is 12.7. The predicted molar refractivity (Wildman–Crippen MR) is 84.1 cm³/mol. The summed E-state index contributed by atoms with van der Waals surface area (Å²) in [6.07, 6.45) is -0.693. The lowest BCUT2D eigenvalue weighted by Gasteiger charge is -2.38. The van der Waals surface area contributed by atoms with E-state index in [2.05, 4.69) is 0 Å². The number of carbonyl (C=O) groups is 1. The second-order valence-electron chi connectivity index (χ2n) is 5.93. The number of rotatable bonds is 4. The fraction of sp³-hybridized carbons (Fsp3) is 0.500. The van der Waals surface area contributed by atoms with E-state index in [-0.39, 0.29) is 13.2 Å². The molecule has 0 saturated heterocycles. The maximum atomic E-state index is 12.2. The van der Waals surface area contributed by atoms with Crippen molar-refractivity contribution < 1.29 is 14.6 Å². The van der Waals surface area contributed by atoms with Gasteiger partial charge < -0.3 is 14.7 Å². The van der Waals surface area contributed by atoms with Crippen LogP contribution in [-0.4, -0.2) is 50.5 Å². The molecular formula is C14H18B3NO3. The van der Waals surface area contributed by atoms with Crippen molar-refractivity contribution in [3.05, 3.63) is 35.4 Å². The first-order valence-corrected chi connectivity index (χ1v) is 6.59. The van der Waals surface area contributed by atoms with Gasteiger partial charge in [0.05, 0.1) is 30.1 Å². The largest absolute Gasteiger partial charge is 0.444 e. The quantitative estimate of drug-likeness (QED) is 0.838. The first-order valence-electron chi connectivity index (χ1n) is 6.59. The number of carbonyl (C=O) groups excluding carboxylic acids is 1. The van der Waals surface area contributed by atoms with Gasteiger partial charge in [-0.15, -0.1) is 0 Å². The fourth-order valence-electron chi connectivity index (χ4n) is 1.61. The molecule has 0 atom stereocenters. The fourth-order valence-corrected chi connectivity index (χ4v) is 1.61. The molecule has 0 fully saturated rings. The molecular weight excluding hydrogens is 263 g/mol. The highest BCUT2D eigenvalue weighted by Gasteiger charge is 2.29. The number of benzene rings is 1. The molecule has 21 heavy (non-hydrogen) atoms. The van der Waals surface area contributed by atoms with Crippen molar-refractivity contribution in [2.75, 3.05) is 0 Å². The molecule has 4 nitrogen and oxygen atoms in total. The van der Waals surface area contributed by atoms with E-state index in [1.54, 1.807) is 45.0 Å². The molecule has 7 heteroatoms. The van der Waals surface area contributed by atoms with E-state index >= 15 is 0 Å². The molecule has 0 saturated carbocycles. The topological polar surface area (TPSA) is 49.8 Å². The third kappa shape index (κ3) is 5.88. The van der Waals surface area contributed by atoms with Crippen molar-refractivity contribution in [2.45, 2.75) is 44.8 Å². The number of nitrogens with zero attached hydrogens (tertiary/aromatic N) is 1. The van der Waals surface area contributed by atoms with Gasteiger partial charge in [0.25, 0.3) is 0 Å². The van der Waals surface area contributed by atoms with Crippen molar-refractivity contribution in [1.29, 1.82) is 0 Å². The Morgan fingerprint density at radius 2 is 1.62 bits per heavy atom. The minimum absolute atomic E-state index is 0.0509. The average Bonchev–Trinajstić information content (AvgIpc) is 2.33. The SMILES string of the molecule is [B]C([B])([B])N(Cc1ccc(CO)cc1)C(=O)OC(C)(C)C. The lowest BCUT2D eigenvalue weighted by Crippen LogP contribution is -2.54. The van der Waals surface area contributed by atoms with Gasteiger partial charge in [-0.05, 0) is 31.9 Å². The van der Waals surface area contributed by atoms with Crippen molar-refractivity contribution in [2.24, 2.45) is 0 Å². The monoisotopic (exact) mass is 281 g/mol. The van der Waals surface area contributed by atoms with Gasteiger partial charge in [-0.1, -0.05) is 29.5 Å². The zero-order valence-electron chi connectivity index (χ0n) is 12.7. The summed E-state index contributed by atoms with van der Waals surface area (Å²) >= 11 is 0. The minimum atomic E-state index is -1.84. The van der Waals surface area contributed by atoms with Crippen molar-refractivity contribution >= 4 is 29.6 Å². The normalized spacial score (nSPS) is 12.0. The highest BCUT2D eigenvalue weighted by molar-refractivity contribution is 6.59. The molecule has 0 aliphatic carbocycles. The van der Waals surface area contributed by atoms with Gasteiger partial charge in [0, 0.05) is 6.54 Å². The van der Waals surface area contributed by atoms with Crippen LogP contribution in [0.5, 0.6) is 0 Å². The Kier molecular flexibility index (Phi) is 5.57. The van der Waals surface area contributed by atoms with Crippen molar-refractivity contribution in [1.82, 2.24) is 4.90 Å². The average molecular weight is 281 g/mol. The van der Waals surface area contributed by atoms with Gasteiger partial charge >= 0.3 is 6.09 Å². The molecule has 1 N–H and O–H groups in total. The highest BCUT2D eigenvalue weighted by atomic mass is 16.6. The summed E-state index contributed by atoms with van der Waals surface area (Å²) in [7, 11) is 16.9. The van der Waals surface area contributed by atoms with Crippen LogP contribution in [-0.2, 0) is 17.9 Å². The number of aliphatic hydroxyl groups is 1. The van der Waals surface area contributed by atoms with Crippen molar-refractivity contribution in [3.8, 4) is 0 Å². The van der Waals surface area contributed by atoms with E-state index in [0.717, 1.165) is 16.0 Å². The molecule has 0 bridgehead atoms. The Bertz CT molecular complexity index is 478. The van der Waals surface area contributed by atoms with Crippen molar-refractivity contribution in [3.63, 3.8) is 0 Å². The van der Waals surface area contributed by atoms with Gasteiger partial charge in [0.1, 0.15) is 5.60 Å². The Morgan fingerprint density at radius 1 is 1.14 bits per heavy atom. The molecule has 1 amide bonds. The lowest BCUT2D eigenvalue weighted by molar-refractivity contribution is 0.0225. The van der Waals surface area contributed by atoms with Crippen LogP contribution in [0.25, 0.3) is 0 Å². The van der Waals surface area contributed by atoms with E-state index in [1.807, 2.05) is 0 Å². The molecule has 6 radical (unpaired) electrons. The molecule has 0 aliphatic rings. The highest BCUT2D eigenvalue weighted by Crippen LogP contribution is 2.17. The zero-order chi connectivity index (χ0) is 16.3. The molecule has 0 aromatic heterocycles. The Morgan fingerprint density at radius 3 is 2.00 bits per heavy atom. The van der Waals surface area contributed by atoms with Gasteiger partial charge in [-0.25, -0.2) is 4.79 Å². The molecule has 0 unspecified atom stereocenters. The number of hydrogen-bond acceptors (Lipinski definition) is 3. The third-order valence-corrected chi connectivity index (χ3v) is 2.63. The van der Waals surface area contributed by atoms with Gasteiger partial charge in [0.15, 0.2) is 0 Å². The summed E-state index contributed by atoms with van der Waals surface area (Å²) < 4.78 is 5.25. The summed E-state index contributed by atoms with van der Waals surface area (Å²) in [5.41, 5.74) is 0.854. The van der Waals surface area contributed by atoms with Crippen LogP contribution in [0.2, 0.25) is 0 Å². The number of aliphatic hydroxyl groups excluding tert-OH is 1. The molecule has 1 aromatic rings. The van der Waals surface area contributed by atoms with Crippen LogP contribution in [0.3, 0.4) is 0 Å². The molecule has 0 heterocycles. The summed E-state index contributed by atoms with van der Waals surface area (Å²) in [6, 6.07) is 7.00. The van der Waals surface area contributed by atoms with Crippen LogP contribution in [0.15, 0.2) is 24.3 Å². The molecule has 106 valence electrons. The minimum Gasteiger partial charge on any atom is -0.444 e. The van der Waals surface area contributed by atoms with E-state index < -0.39 is 16.9 Å². The van der Waals surface area contributed by atoms with E-state index in [1.165, 1.54) is 0 Å². The van der Waals surface area contributed by atoms with Gasteiger partial charge in [-0.3, -0.25) is 0 Å². The van der Waals surface area contributed by atoms with Crippen LogP contribution < -0.4 is 0 Å². The maximum absolute atomic E-state index is 12.2. The molecule has 1 rings (SSSR count). The maximum Gasteiger partial charge on any atom is 0.408 e. The Labute approximate surface area is 130 Å².